The van der Waals surface area contributed by atoms with Gasteiger partial charge in [0.1, 0.15) is 5.41 Å². The lowest BCUT2D eigenvalue weighted by Crippen LogP contribution is -2.43. The maximum atomic E-state index is 12.9. The average Bonchev–Trinajstić information content (AvgIpc) is 2.60. The molecular formula is C19H20O3. The van der Waals surface area contributed by atoms with E-state index in [4.69, 9.17) is 0 Å². The van der Waals surface area contributed by atoms with E-state index in [-0.39, 0.29) is 11.6 Å². The molecule has 1 N–H and O–H groups in total. The zero-order valence-electron chi connectivity index (χ0n) is 12.7. The van der Waals surface area contributed by atoms with Crippen molar-refractivity contribution >= 4 is 11.6 Å². The van der Waals surface area contributed by atoms with Crippen molar-refractivity contribution in [3.63, 3.8) is 0 Å². The van der Waals surface area contributed by atoms with Crippen molar-refractivity contribution in [2.75, 3.05) is 6.61 Å². The number of benzene rings is 2. The Bertz CT molecular complexity index is 581. The summed E-state index contributed by atoms with van der Waals surface area (Å²) in [5, 5.41) is 9.93. The van der Waals surface area contributed by atoms with Gasteiger partial charge in [-0.2, -0.15) is 0 Å². The maximum absolute atomic E-state index is 12.9. The summed E-state index contributed by atoms with van der Waals surface area (Å²) in [6.07, 6.45) is 0.961. The van der Waals surface area contributed by atoms with Gasteiger partial charge >= 0.3 is 0 Å². The molecule has 3 heteroatoms. The molecule has 0 saturated carbocycles. The van der Waals surface area contributed by atoms with Crippen LogP contribution in [0.4, 0.5) is 0 Å². The molecule has 0 amide bonds. The predicted octanol–water partition coefficient (Wildman–Crippen LogP) is 3.53. The van der Waals surface area contributed by atoms with Crippen molar-refractivity contribution in [2.45, 2.75) is 19.8 Å². The number of hydrogen-bond donors (Lipinski definition) is 1. The van der Waals surface area contributed by atoms with E-state index in [1.165, 1.54) is 0 Å². The Morgan fingerprint density at radius 1 is 0.864 bits per heavy atom. The van der Waals surface area contributed by atoms with Crippen LogP contribution in [0.25, 0.3) is 0 Å². The Morgan fingerprint density at radius 2 is 1.27 bits per heavy atom. The van der Waals surface area contributed by atoms with Gasteiger partial charge in [0.2, 0.25) is 0 Å². The van der Waals surface area contributed by atoms with Gasteiger partial charge < -0.3 is 5.11 Å². The molecule has 0 radical (unpaired) electrons. The maximum Gasteiger partial charge on any atom is 0.179 e. The lowest BCUT2D eigenvalue weighted by molar-refractivity contribution is 0.0510. The van der Waals surface area contributed by atoms with Crippen LogP contribution in [0.3, 0.4) is 0 Å². The van der Waals surface area contributed by atoms with E-state index < -0.39 is 12.0 Å². The van der Waals surface area contributed by atoms with Crippen molar-refractivity contribution < 1.29 is 14.7 Å². The van der Waals surface area contributed by atoms with E-state index in [0.29, 0.717) is 24.0 Å². The molecule has 0 fully saturated rings. The Labute approximate surface area is 130 Å². The molecule has 114 valence electrons. The van der Waals surface area contributed by atoms with Crippen LogP contribution < -0.4 is 0 Å². The summed E-state index contributed by atoms with van der Waals surface area (Å²) in [6.45, 7) is 1.42. The SMILES string of the molecule is CCCC(CO)(C(=O)c1ccccc1)C(=O)c1ccccc1. The molecule has 22 heavy (non-hydrogen) atoms. The summed E-state index contributed by atoms with van der Waals surface area (Å²) in [5.41, 5.74) is -0.499. The van der Waals surface area contributed by atoms with Crippen LogP contribution in [0, 0.1) is 5.41 Å². The number of carbonyl (C=O) groups excluding carboxylic acids is 2. The molecule has 0 spiro atoms. The van der Waals surface area contributed by atoms with E-state index in [1.807, 2.05) is 19.1 Å². The minimum absolute atomic E-state index is 0.314. The van der Waals surface area contributed by atoms with E-state index in [2.05, 4.69) is 0 Å². The number of Topliss-reactive ketones (excluding diaryl/α,β-unsaturated/α-hetero) is 2. The van der Waals surface area contributed by atoms with Gasteiger partial charge in [0.05, 0.1) is 6.61 Å². The van der Waals surface area contributed by atoms with E-state index in [0.717, 1.165) is 0 Å². The van der Waals surface area contributed by atoms with Gasteiger partial charge in [-0.05, 0) is 6.42 Å². The van der Waals surface area contributed by atoms with Crippen LogP contribution in [0.5, 0.6) is 0 Å². The number of hydrogen-bond acceptors (Lipinski definition) is 3. The molecule has 3 nitrogen and oxygen atoms in total. The summed E-state index contributed by atoms with van der Waals surface area (Å²) in [4.78, 5) is 25.8. The van der Waals surface area contributed by atoms with Crippen LogP contribution in [-0.2, 0) is 0 Å². The van der Waals surface area contributed by atoms with Crippen molar-refractivity contribution in [1.29, 1.82) is 0 Å². The summed E-state index contributed by atoms with van der Waals surface area (Å²) in [5.74, 6) is -0.627. The fourth-order valence-electron chi connectivity index (χ4n) is 2.71. The second kappa shape index (κ2) is 7.14. The van der Waals surface area contributed by atoms with E-state index in [1.54, 1.807) is 48.5 Å². The smallest absolute Gasteiger partial charge is 0.179 e. The molecule has 0 aromatic heterocycles. The highest BCUT2D eigenvalue weighted by atomic mass is 16.3. The van der Waals surface area contributed by atoms with Gasteiger partial charge in [0, 0.05) is 11.1 Å². The van der Waals surface area contributed by atoms with Crippen molar-refractivity contribution in [1.82, 2.24) is 0 Å². The van der Waals surface area contributed by atoms with Gasteiger partial charge in [0.15, 0.2) is 11.6 Å². The number of carbonyl (C=O) groups is 2. The standard InChI is InChI=1S/C19H20O3/c1-2-13-19(14-20,17(21)15-9-5-3-6-10-15)18(22)16-11-7-4-8-12-16/h3-12,20H,2,13-14H2,1H3. The van der Waals surface area contributed by atoms with Crippen LogP contribution in [-0.4, -0.2) is 23.3 Å². The van der Waals surface area contributed by atoms with Gasteiger partial charge in [-0.25, -0.2) is 0 Å². The number of rotatable bonds is 7. The van der Waals surface area contributed by atoms with E-state index in [9.17, 15) is 14.7 Å². The first-order valence-electron chi connectivity index (χ1n) is 7.46. The highest BCUT2D eigenvalue weighted by molar-refractivity contribution is 6.19. The average molecular weight is 296 g/mol. The molecule has 0 unspecified atom stereocenters. The number of aliphatic hydroxyl groups excluding tert-OH is 1. The second-order valence-electron chi connectivity index (χ2n) is 5.38. The molecule has 0 bridgehead atoms. The van der Waals surface area contributed by atoms with Crippen LogP contribution in [0.1, 0.15) is 40.5 Å². The Morgan fingerprint density at radius 3 is 1.59 bits per heavy atom. The first-order valence-corrected chi connectivity index (χ1v) is 7.46. The fraction of sp³-hybridized carbons (Fsp3) is 0.263. The predicted molar refractivity (Wildman–Crippen MR) is 86.0 cm³/mol. The molecule has 0 aliphatic heterocycles. The summed E-state index contributed by atoms with van der Waals surface area (Å²) in [6, 6.07) is 17.4. The fourth-order valence-corrected chi connectivity index (χ4v) is 2.71. The third-order valence-electron chi connectivity index (χ3n) is 3.89. The third-order valence-corrected chi connectivity index (χ3v) is 3.89. The summed E-state index contributed by atoms with van der Waals surface area (Å²) in [7, 11) is 0. The molecule has 0 heterocycles. The second-order valence-corrected chi connectivity index (χ2v) is 5.38. The lowest BCUT2D eigenvalue weighted by Gasteiger charge is -2.28. The number of ketones is 2. The normalized spacial score (nSPS) is 11.2. The molecule has 2 rings (SSSR count). The highest BCUT2D eigenvalue weighted by Gasteiger charge is 2.44. The minimum atomic E-state index is -1.41. The molecule has 0 saturated heterocycles. The summed E-state index contributed by atoms with van der Waals surface area (Å²) >= 11 is 0. The Kier molecular flexibility index (Phi) is 5.23. The molecule has 0 aliphatic rings. The quantitative estimate of drug-likeness (QED) is 0.628. The third kappa shape index (κ3) is 3.00. The van der Waals surface area contributed by atoms with Crippen LogP contribution >= 0.6 is 0 Å². The molecule has 0 aliphatic carbocycles. The van der Waals surface area contributed by atoms with Gasteiger partial charge in [-0.15, -0.1) is 0 Å². The van der Waals surface area contributed by atoms with Crippen molar-refractivity contribution in [3.05, 3.63) is 71.8 Å². The molecular weight excluding hydrogens is 276 g/mol. The van der Waals surface area contributed by atoms with Gasteiger partial charge in [-0.1, -0.05) is 74.0 Å². The van der Waals surface area contributed by atoms with Gasteiger partial charge in [-0.3, -0.25) is 9.59 Å². The molecule has 2 aromatic rings. The zero-order chi connectivity index (χ0) is 16.0. The first kappa shape index (κ1) is 16.1. The molecule has 2 aromatic carbocycles. The minimum Gasteiger partial charge on any atom is -0.395 e. The first-order chi connectivity index (χ1) is 10.7. The topological polar surface area (TPSA) is 54.4 Å². The van der Waals surface area contributed by atoms with Crippen molar-refractivity contribution in [2.24, 2.45) is 5.41 Å². The zero-order valence-corrected chi connectivity index (χ0v) is 12.7. The largest absolute Gasteiger partial charge is 0.395 e. The Hall–Kier alpha value is -2.26. The molecule has 0 atom stereocenters. The van der Waals surface area contributed by atoms with Gasteiger partial charge in [0.25, 0.3) is 0 Å². The van der Waals surface area contributed by atoms with Crippen LogP contribution in [0.2, 0.25) is 0 Å². The van der Waals surface area contributed by atoms with E-state index >= 15 is 0 Å². The monoisotopic (exact) mass is 296 g/mol. The van der Waals surface area contributed by atoms with Crippen LogP contribution in [0.15, 0.2) is 60.7 Å². The Balaban J connectivity index is 2.48. The van der Waals surface area contributed by atoms with Crippen molar-refractivity contribution in [3.8, 4) is 0 Å². The number of aliphatic hydroxyl groups is 1. The highest BCUT2D eigenvalue weighted by Crippen LogP contribution is 2.32. The lowest BCUT2D eigenvalue weighted by atomic mass is 9.72. The summed E-state index contributed by atoms with van der Waals surface area (Å²) < 4.78 is 0.